The van der Waals surface area contributed by atoms with Crippen LogP contribution < -0.4 is 5.73 Å². The molecule has 0 atom stereocenters. The minimum absolute atomic E-state index is 0.292. The van der Waals surface area contributed by atoms with Gasteiger partial charge < -0.3 is 10.3 Å². The van der Waals surface area contributed by atoms with Crippen LogP contribution in [0.2, 0.25) is 0 Å². The van der Waals surface area contributed by atoms with Gasteiger partial charge in [-0.1, -0.05) is 41.5 Å². The summed E-state index contributed by atoms with van der Waals surface area (Å²) < 4.78 is 2.24. The van der Waals surface area contributed by atoms with Crippen molar-refractivity contribution >= 4 is 0 Å². The summed E-state index contributed by atoms with van der Waals surface area (Å²) in [6.45, 7) is 15.1. The molecule has 1 aliphatic rings. The maximum Gasteiger partial charge on any atom is 0.146 e. The largest absolute Gasteiger partial charge is 0.324 e. The van der Waals surface area contributed by atoms with Crippen LogP contribution in [0.5, 0.6) is 0 Å². The summed E-state index contributed by atoms with van der Waals surface area (Å²) in [6.07, 6.45) is 0. The van der Waals surface area contributed by atoms with Crippen molar-refractivity contribution in [1.82, 2.24) is 14.8 Å². The molecule has 0 spiro atoms. The van der Waals surface area contributed by atoms with E-state index in [1.165, 1.54) is 0 Å². The average molecular weight is 250 g/mol. The van der Waals surface area contributed by atoms with Gasteiger partial charge in [0.25, 0.3) is 0 Å². The van der Waals surface area contributed by atoms with Gasteiger partial charge in [-0.05, 0) is 16.7 Å². The second-order valence-corrected chi connectivity index (χ2v) is 7.06. The topological polar surface area (TPSA) is 56.7 Å². The first-order valence-corrected chi connectivity index (χ1v) is 6.85. The number of hydrogen-bond acceptors (Lipinski definition) is 3. The number of nitrogens with zero attached hydrogens (tertiary/aromatic N) is 3. The first-order valence-electron chi connectivity index (χ1n) is 6.85. The summed E-state index contributed by atoms with van der Waals surface area (Å²) in [6, 6.07) is 0. The lowest BCUT2D eigenvalue weighted by Crippen LogP contribution is -2.15. The van der Waals surface area contributed by atoms with Crippen molar-refractivity contribution in [1.29, 1.82) is 0 Å². The Kier molecular flexibility index (Phi) is 3.05. The van der Waals surface area contributed by atoms with Crippen LogP contribution in [0.3, 0.4) is 0 Å². The normalized spacial score (nSPS) is 21.6. The Balaban J connectivity index is 2.38. The van der Waals surface area contributed by atoms with Gasteiger partial charge in [0.05, 0.1) is 6.54 Å². The van der Waals surface area contributed by atoms with Gasteiger partial charge in [-0.15, -0.1) is 10.2 Å². The van der Waals surface area contributed by atoms with Crippen molar-refractivity contribution in [2.45, 2.75) is 60.5 Å². The summed E-state index contributed by atoms with van der Waals surface area (Å²) in [4.78, 5) is 0. The Morgan fingerprint density at radius 2 is 1.72 bits per heavy atom. The molecule has 0 aliphatic heterocycles. The van der Waals surface area contributed by atoms with Gasteiger partial charge in [0.2, 0.25) is 0 Å². The van der Waals surface area contributed by atoms with Crippen LogP contribution in [0.25, 0.3) is 0 Å². The first-order chi connectivity index (χ1) is 8.23. The molecule has 0 radical (unpaired) electrons. The molecule has 0 unspecified atom stereocenters. The summed E-state index contributed by atoms with van der Waals surface area (Å²) in [5.41, 5.74) is 6.36. The van der Waals surface area contributed by atoms with Crippen LogP contribution in [0.1, 0.15) is 59.1 Å². The molecule has 1 fully saturated rings. The molecule has 2 rings (SSSR count). The Bertz CT molecular complexity index is 429. The minimum atomic E-state index is 0.292. The molecule has 102 valence electrons. The van der Waals surface area contributed by atoms with E-state index >= 15 is 0 Å². The summed E-state index contributed by atoms with van der Waals surface area (Å²) in [5, 5.41) is 8.69. The molecule has 0 saturated heterocycles. The van der Waals surface area contributed by atoms with Crippen LogP contribution in [-0.4, -0.2) is 14.8 Å². The van der Waals surface area contributed by atoms with Gasteiger partial charge in [0.1, 0.15) is 11.6 Å². The summed E-state index contributed by atoms with van der Waals surface area (Å²) in [7, 11) is 0. The van der Waals surface area contributed by atoms with Crippen molar-refractivity contribution in [3.8, 4) is 0 Å². The third-order valence-corrected chi connectivity index (χ3v) is 4.87. The third-order valence-electron chi connectivity index (χ3n) is 4.87. The smallest absolute Gasteiger partial charge is 0.146 e. The minimum Gasteiger partial charge on any atom is -0.324 e. The van der Waals surface area contributed by atoms with Gasteiger partial charge in [-0.3, -0.25) is 0 Å². The second kappa shape index (κ2) is 4.05. The van der Waals surface area contributed by atoms with Gasteiger partial charge in [0, 0.05) is 12.5 Å². The van der Waals surface area contributed by atoms with Crippen LogP contribution in [0.4, 0.5) is 0 Å². The van der Waals surface area contributed by atoms with E-state index in [1.54, 1.807) is 0 Å². The molecular formula is C14H26N4. The first kappa shape index (κ1) is 13.5. The Hall–Kier alpha value is -0.900. The van der Waals surface area contributed by atoms with Crippen molar-refractivity contribution < 1.29 is 0 Å². The van der Waals surface area contributed by atoms with E-state index in [9.17, 15) is 0 Å². The molecule has 1 aromatic rings. The third kappa shape index (κ3) is 1.78. The Labute approximate surface area is 110 Å². The highest BCUT2D eigenvalue weighted by Crippen LogP contribution is 2.73. The molecule has 0 aromatic carbocycles. The van der Waals surface area contributed by atoms with Gasteiger partial charge in [0.15, 0.2) is 0 Å². The van der Waals surface area contributed by atoms with Crippen LogP contribution in [0, 0.1) is 16.7 Å². The second-order valence-electron chi connectivity index (χ2n) is 7.06. The molecule has 0 bridgehead atoms. The lowest BCUT2D eigenvalue weighted by atomic mass is 10.0. The molecule has 0 amide bonds. The van der Waals surface area contributed by atoms with Gasteiger partial charge in [-0.2, -0.15) is 0 Å². The lowest BCUT2D eigenvalue weighted by molar-refractivity contribution is 0.457. The van der Waals surface area contributed by atoms with E-state index in [1.807, 2.05) is 0 Å². The van der Waals surface area contributed by atoms with Crippen LogP contribution >= 0.6 is 0 Å². The van der Waals surface area contributed by atoms with E-state index in [0.29, 0.717) is 29.2 Å². The number of nitrogens with two attached hydrogens (primary N) is 1. The van der Waals surface area contributed by atoms with E-state index in [-0.39, 0.29) is 0 Å². The zero-order chi connectivity index (χ0) is 13.7. The fourth-order valence-corrected chi connectivity index (χ4v) is 3.12. The number of rotatable bonds is 4. The molecule has 1 saturated carbocycles. The SMILES string of the molecule is CC(C)Cn1c(CN)nnc1C1C(C)(C)C1(C)C. The lowest BCUT2D eigenvalue weighted by Gasteiger charge is -2.12. The monoisotopic (exact) mass is 250 g/mol. The zero-order valence-corrected chi connectivity index (χ0v) is 12.5. The zero-order valence-electron chi connectivity index (χ0n) is 12.5. The van der Waals surface area contributed by atoms with E-state index in [2.05, 4.69) is 56.3 Å². The van der Waals surface area contributed by atoms with Crippen molar-refractivity contribution in [3.05, 3.63) is 11.6 Å². The van der Waals surface area contributed by atoms with Crippen LogP contribution in [0.15, 0.2) is 0 Å². The Morgan fingerprint density at radius 1 is 1.17 bits per heavy atom. The fraction of sp³-hybridized carbons (Fsp3) is 0.857. The number of hydrogen-bond donors (Lipinski definition) is 1. The predicted octanol–water partition coefficient (Wildman–Crippen LogP) is 2.54. The van der Waals surface area contributed by atoms with Crippen molar-refractivity contribution in [2.75, 3.05) is 0 Å². The Morgan fingerprint density at radius 3 is 2.11 bits per heavy atom. The molecule has 2 N–H and O–H groups in total. The molecule has 4 nitrogen and oxygen atoms in total. The van der Waals surface area contributed by atoms with Gasteiger partial charge in [-0.25, -0.2) is 0 Å². The van der Waals surface area contributed by atoms with E-state index < -0.39 is 0 Å². The molecule has 18 heavy (non-hydrogen) atoms. The molecule has 4 heteroatoms. The summed E-state index contributed by atoms with van der Waals surface area (Å²) >= 11 is 0. The molecule has 1 aromatic heterocycles. The maximum absolute atomic E-state index is 5.77. The molecule has 1 aliphatic carbocycles. The highest BCUT2D eigenvalue weighted by Gasteiger charge is 2.67. The number of aromatic nitrogens is 3. The summed E-state index contributed by atoms with van der Waals surface area (Å²) in [5.74, 6) is 3.10. The van der Waals surface area contributed by atoms with Crippen molar-refractivity contribution in [3.63, 3.8) is 0 Å². The maximum atomic E-state index is 5.77. The van der Waals surface area contributed by atoms with Crippen LogP contribution in [-0.2, 0) is 13.1 Å². The van der Waals surface area contributed by atoms with E-state index in [0.717, 1.165) is 18.2 Å². The van der Waals surface area contributed by atoms with Crippen molar-refractivity contribution in [2.24, 2.45) is 22.5 Å². The highest BCUT2D eigenvalue weighted by molar-refractivity contribution is 5.27. The quantitative estimate of drug-likeness (QED) is 0.893. The standard InChI is InChI=1S/C14H26N4/c1-9(2)8-18-10(7-15)16-17-12(18)11-13(3,4)14(11,5)6/h9,11H,7-8,15H2,1-6H3. The molecular weight excluding hydrogens is 224 g/mol. The van der Waals surface area contributed by atoms with Gasteiger partial charge >= 0.3 is 0 Å². The predicted molar refractivity (Wildman–Crippen MR) is 73.1 cm³/mol. The fourth-order valence-electron chi connectivity index (χ4n) is 3.12. The highest BCUT2D eigenvalue weighted by atomic mass is 15.3. The molecule has 1 heterocycles. The average Bonchev–Trinajstić information content (AvgIpc) is 2.57. The van der Waals surface area contributed by atoms with E-state index in [4.69, 9.17) is 5.73 Å².